The lowest BCUT2D eigenvalue weighted by atomic mass is 10.0. The zero-order chi connectivity index (χ0) is 21.4. The molecule has 2 aliphatic heterocycles. The van der Waals surface area contributed by atoms with Crippen LogP contribution in [0.25, 0.3) is 43.9 Å². The predicted octanol–water partition coefficient (Wildman–Crippen LogP) is 5.85. The van der Waals surface area contributed by atoms with Gasteiger partial charge in [0.05, 0.1) is 13.3 Å². The summed E-state index contributed by atoms with van der Waals surface area (Å²) >= 11 is 0. The van der Waals surface area contributed by atoms with Gasteiger partial charge in [-0.25, -0.2) is 0 Å². The normalized spacial score (nSPS) is 16.3. The van der Waals surface area contributed by atoms with Crippen molar-refractivity contribution in [2.45, 2.75) is 0 Å². The molecular weight excluding hydrogens is 400 g/mol. The quantitative estimate of drug-likeness (QED) is 0.356. The van der Waals surface area contributed by atoms with Crippen molar-refractivity contribution in [1.29, 1.82) is 0 Å². The molecule has 6 nitrogen and oxygen atoms in total. The first-order valence-electron chi connectivity index (χ1n) is 10.8. The minimum atomic E-state index is 0.840. The van der Waals surface area contributed by atoms with Gasteiger partial charge in [0.25, 0.3) is 0 Å². The predicted molar refractivity (Wildman–Crippen MR) is 129 cm³/mol. The van der Waals surface area contributed by atoms with Crippen LogP contribution in [0, 0.1) is 0 Å². The Hall–Kier alpha value is -4.06. The highest BCUT2D eigenvalue weighted by Gasteiger charge is 2.19. The summed E-state index contributed by atoms with van der Waals surface area (Å²) in [5.74, 6) is 0. The molecule has 0 atom stereocenters. The number of fused-ring (bicyclic) bond motifs is 7. The number of benzene rings is 3. The van der Waals surface area contributed by atoms with Gasteiger partial charge in [0.2, 0.25) is 0 Å². The second-order valence-electron chi connectivity index (χ2n) is 8.71. The Morgan fingerprint density at radius 1 is 0.562 bits per heavy atom. The van der Waals surface area contributed by atoms with Gasteiger partial charge >= 0.3 is 0 Å². The van der Waals surface area contributed by atoms with Crippen LogP contribution in [0.1, 0.15) is 0 Å². The maximum Gasteiger partial charge on any atom is 0.136 e. The molecular formula is C26H22N4O2. The van der Waals surface area contributed by atoms with E-state index in [0.29, 0.717) is 0 Å². The zero-order valence-corrected chi connectivity index (χ0v) is 17.9. The lowest BCUT2D eigenvalue weighted by Crippen LogP contribution is -2.21. The van der Waals surface area contributed by atoms with Crippen LogP contribution >= 0.6 is 0 Å². The lowest BCUT2D eigenvalue weighted by Gasteiger charge is -2.18. The molecule has 0 aliphatic carbocycles. The van der Waals surface area contributed by atoms with E-state index in [4.69, 9.17) is 8.83 Å². The van der Waals surface area contributed by atoms with Crippen LogP contribution in [-0.4, -0.2) is 37.2 Å². The highest BCUT2D eigenvalue weighted by atomic mass is 16.3. The van der Waals surface area contributed by atoms with Crippen molar-refractivity contribution < 1.29 is 8.83 Å². The van der Waals surface area contributed by atoms with Gasteiger partial charge < -0.3 is 28.4 Å². The number of rotatable bonds is 2. The molecule has 0 N–H and O–H groups in total. The van der Waals surface area contributed by atoms with E-state index in [2.05, 4.69) is 94.9 Å². The van der Waals surface area contributed by atoms with E-state index < -0.39 is 0 Å². The fourth-order valence-electron chi connectivity index (χ4n) is 4.86. The van der Waals surface area contributed by atoms with Crippen molar-refractivity contribution in [3.63, 3.8) is 0 Å². The Bertz CT molecular complexity index is 1470. The molecule has 5 aromatic rings. The number of hydrogen-bond donors (Lipinski definition) is 0. The van der Waals surface area contributed by atoms with Crippen molar-refractivity contribution in [1.82, 2.24) is 9.80 Å². The van der Waals surface area contributed by atoms with E-state index in [1.54, 1.807) is 0 Å². The number of anilines is 2. The van der Waals surface area contributed by atoms with E-state index in [9.17, 15) is 0 Å². The molecule has 0 saturated heterocycles. The summed E-state index contributed by atoms with van der Waals surface area (Å²) in [6.45, 7) is 1.68. The maximum atomic E-state index is 6.24. The van der Waals surface area contributed by atoms with Crippen molar-refractivity contribution >= 4 is 55.3 Å². The minimum absolute atomic E-state index is 0.840. The van der Waals surface area contributed by atoms with Crippen LogP contribution in [0.2, 0.25) is 0 Å². The van der Waals surface area contributed by atoms with Gasteiger partial charge in [0, 0.05) is 71.8 Å². The summed E-state index contributed by atoms with van der Waals surface area (Å²) in [7, 11) is 4.16. The molecule has 4 heterocycles. The monoisotopic (exact) mass is 422 g/mol. The van der Waals surface area contributed by atoms with Crippen LogP contribution in [0.4, 0.5) is 11.4 Å². The Labute approximate surface area is 184 Å². The highest BCUT2D eigenvalue weighted by Crippen LogP contribution is 2.42. The molecule has 158 valence electrons. The molecule has 0 saturated carbocycles. The van der Waals surface area contributed by atoms with Crippen molar-refractivity contribution in [2.75, 3.05) is 37.2 Å². The molecule has 0 radical (unpaired) electrons. The van der Waals surface area contributed by atoms with Crippen LogP contribution < -0.4 is 9.80 Å². The Balaban J connectivity index is 1.49. The van der Waals surface area contributed by atoms with Crippen LogP contribution in [0.5, 0.6) is 0 Å². The van der Waals surface area contributed by atoms with Crippen molar-refractivity contribution in [2.24, 2.45) is 0 Å². The van der Waals surface area contributed by atoms with Crippen LogP contribution in [0.3, 0.4) is 0 Å². The fraction of sp³-hybridized carbons (Fsp3) is 0.154. The summed E-state index contributed by atoms with van der Waals surface area (Å²) in [4.78, 5) is 8.79. The SMILES string of the molecule is CN1C=CN(c2ccc3oc4ccc5oc6ccc(N7C=CN(C)C7)cc6c5c4c3c2)C1. The molecule has 0 spiro atoms. The van der Waals surface area contributed by atoms with E-state index in [0.717, 1.165) is 68.6 Å². The number of hydrogen-bond acceptors (Lipinski definition) is 6. The summed E-state index contributed by atoms with van der Waals surface area (Å²) in [5, 5.41) is 4.45. The van der Waals surface area contributed by atoms with Gasteiger partial charge in [0.15, 0.2) is 0 Å². The minimum Gasteiger partial charge on any atom is -0.456 e. The first kappa shape index (κ1) is 17.6. The zero-order valence-electron chi connectivity index (χ0n) is 17.9. The molecule has 0 bridgehead atoms. The molecule has 3 aromatic carbocycles. The first-order valence-corrected chi connectivity index (χ1v) is 10.8. The second kappa shape index (κ2) is 6.23. The molecule has 6 heteroatoms. The smallest absolute Gasteiger partial charge is 0.136 e. The van der Waals surface area contributed by atoms with Crippen LogP contribution in [0.15, 0.2) is 82.2 Å². The third kappa shape index (κ3) is 2.46. The van der Waals surface area contributed by atoms with Gasteiger partial charge in [0.1, 0.15) is 22.3 Å². The number of furan rings is 2. The fourth-order valence-corrected chi connectivity index (χ4v) is 4.86. The van der Waals surface area contributed by atoms with E-state index >= 15 is 0 Å². The maximum absolute atomic E-state index is 6.24. The van der Waals surface area contributed by atoms with Crippen LogP contribution in [-0.2, 0) is 0 Å². The molecule has 0 unspecified atom stereocenters. The van der Waals surface area contributed by atoms with Crippen molar-refractivity contribution in [3.05, 3.63) is 73.3 Å². The molecule has 32 heavy (non-hydrogen) atoms. The van der Waals surface area contributed by atoms with Crippen molar-refractivity contribution in [3.8, 4) is 0 Å². The lowest BCUT2D eigenvalue weighted by molar-refractivity contribution is 0.496. The Morgan fingerprint density at radius 3 is 1.41 bits per heavy atom. The second-order valence-corrected chi connectivity index (χ2v) is 8.71. The Kier molecular flexibility index (Phi) is 3.43. The standard InChI is InChI=1S/C26H22N4O2/c1-27-9-11-29(15-27)17-3-5-21-19(13-17)25-23(31-21)7-8-24-26(25)20-14-18(4-6-22(20)32-24)30-12-10-28(2)16-30/h3-14H,15-16H2,1-2H3. The third-order valence-corrected chi connectivity index (χ3v) is 6.45. The molecule has 2 aromatic heterocycles. The van der Waals surface area contributed by atoms with Gasteiger partial charge in [-0.3, -0.25) is 0 Å². The Morgan fingerprint density at radius 2 is 1.00 bits per heavy atom. The highest BCUT2D eigenvalue weighted by molar-refractivity contribution is 6.26. The summed E-state index contributed by atoms with van der Waals surface area (Å²) in [5.41, 5.74) is 5.85. The van der Waals surface area contributed by atoms with Gasteiger partial charge in [-0.15, -0.1) is 0 Å². The topological polar surface area (TPSA) is 39.2 Å². The number of nitrogens with zero attached hydrogens (tertiary/aromatic N) is 4. The van der Waals surface area contributed by atoms with Gasteiger partial charge in [-0.2, -0.15) is 0 Å². The molecule has 7 rings (SSSR count). The average molecular weight is 422 g/mol. The molecule has 2 aliphatic rings. The summed E-state index contributed by atoms with van der Waals surface area (Å²) in [6, 6.07) is 16.9. The average Bonchev–Trinajstić information content (AvgIpc) is 3.56. The first-order chi connectivity index (χ1) is 15.6. The van der Waals surface area contributed by atoms with E-state index in [1.807, 2.05) is 12.1 Å². The molecule has 0 amide bonds. The molecule has 0 fully saturated rings. The van der Waals surface area contributed by atoms with Gasteiger partial charge in [-0.1, -0.05) is 0 Å². The third-order valence-electron chi connectivity index (χ3n) is 6.45. The largest absolute Gasteiger partial charge is 0.456 e. The van der Waals surface area contributed by atoms with Gasteiger partial charge in [-0.05, 0) is 48.5 Å². The summed E-state index contributed by atoms with van der Waals surface area (Å²) < 4.78 is 12.5. The van der Waals surface area contributed by atoms with E-state index in [-0.39, 0.29) is 0 Å². The summed E-state index contributed by atoms with van der Waals surface area (Å²) in [6.07, 6.45) is 8.40. The van der Waals surface area contributed by atoms with E-state index in [1.165, 1.54) is 0 Å².